The van der Waals surface area contributed by atoms with E-state index in [4.69, 9.17) is 0 Å². The van der Waals surface area contributed by atoms with Crippen molar-refractivity contribution in [2.24, 2.45) is 0 Å². The molecule has 168 valence electrons. The van der Waals surface area contributed by atoms with Crippen LogP contribution in [-0.4, -0.2) is 26.0 Å². The Balaban J connectivity index is 1.73. The minimum Gasteiger partial charge on any atom is -0.304 e. The summed E-state index contributed by atoms with van der Waals surface area (Å²) >= 11 is 0. The number of fused-ring (bicyclic) bond motifs is 2. The molecule has 1 fully saturated rings. The molecule has 3 aromatic carbocycles. The molecule has 0 N–H and O–H groups in total. The molecule has 0 aromatic heterocycles. The van der Waals surface area contributed by atoms with Gasteiger partial charge in [-0.25, -0.2) is 8.42 Å². The second-order valence-electron chi connectivity index (χ2n) is 8.55. The van der Waals surface area contributed by atoms with E-state index in [1.165, 1.54) is 9.80 Å². The summed E-state index contributed by atoms with van der Waals surface area (Å²) in [6.07, 6.45) is 0.722. The Hall–Kier alpha value is -3.45. The van der Waals surface area contributed by atoms with E-state index >= 15 is 0 Å². The first kappa shape index (κ1) is 21.4. The molecule has 33 heavy (non-hydrogen) atoms. The Morgan fingerprint density at radius 2 is 1.64 bits per heavy atom. The number of hydrogen-bond acceptors (Lipinski definition) is 4. The largest absolute Gasteiger partial charge is 0.304 e. The molecule has 0 saturated carbocycles. The Morgan fingerprint density at radius 1 is 0.909 bits per heavy atom. The molecular weight excluding hydrogens is 436 g/mol. The zero-order valence-electron chi connectivity index (χ0n) is 18.5. The summed E-state index contributed by atoms with van der Waals surface area (Å²) in [5, 5.41) is 0. The van der Waals surface area contributed by atoms with Crippen LogP contribution in [0, 0.1) is 6.92 Å². The second-order valence-corrected chi connectivity index (χ2v) is 10.7. The van der Waals surface area contributed by atoms with E-state index in [1.54, 1.807) is 42.5 Å². The first-order valence-corrected chi connectivity index (χ1v) is 12.6. The van der Waals surface area contributed by atoms with Gasteiger partial charge in [-0.1, -0.05) is 67.1 Å². The van der Waals surface area contributed by atoms with Crippen molar-refractivity contribution in [3.8, 4) is 0 Å². The molecule has 2 aliphatic rings. The van der Waals surface area contributed by atoms with Crippen molar-refractivity contribution in [1.29, 1.82) is 0 Å². The normalized spacial score (nSPS) is 21.2. The summed E-state index contributed by atoms with van der Waals surface area (Å²) in [5.74, 6) is -1.91. The van der Waals surface area contributed by atoms with Crippen LogP contribution in [0.3, 0.4) is 0 Å². The quantitative estimate of drug-likeness (QED) is 0.595. The number of anilines is 2. The lowest BCUT2D eigenvalue weighted by Crippen LogP contribution is -2.54. The van der Waals surface area contributed by atoms with Gasteiger partial charge in [-0.2, -0.15) is 0 Å². The number of benzene rings is 3. The van der Waals surface area contributed by atoms with Crippen molar-refractivity contribution >= 4 is 33.0 Å². The van der Waals surface area contributed by atoms with Crippen LogP contribution in [0.25, 0.3) is 0 Å². The average Bonchev–Trinajstić information content (AvgIpc) is 3.16. The molecule has 1 unspecified atom stereocenters. The molecule has 3 aromatic rings. The maximum Gasteiger partial charge on any atom is 0.274 e. The fourth-order valence-corrected chi connectivity index (χ4v) is 6.99. The number of sulfone groups is 1. The molecule has 7 heteroatoms. The van der Waals surface area contributed by atoms with Gasteiger partial charge in [0.2, 0.25) is 5.91 Å². The SMILES string of the molecule is CCc1cccc(N2C(=O)CS(=O)(=O)C23C(=O)N(Cc2cccc(C)c2)c2ccccc23)c1. The first-order valence-electron chi connectivity index (χ1n) is 10.9. The summed E-state index contributed by atoms with van der Waals surface area (Å²) in [5.41, 5.74) is 4.14. The monoisotopic (exact) mass is 460 g/mol. The molecular formula is C26H24N2O4S. The fraction of sp³-hybridized carbons (Fsp3) is 0.231. The van der Waals surface area contributed by atoms with E-state index in [0.717, 1.165) is 23.1 Å². The van der Waals surface area contributed by atoms with Crippen LogP contribution < -0.4 is 9.80 Å². The van der Waals surface area contributed by atoms with E-state index in [9.17, 15) is 18.0 Å². The van der Waals surface area contributed by atoms with Gasteiger partial charge in [-0.15, -0.1) is 0 Å². The molecule has 1 spiro atoms. The highest BCUT2D eigenvalue weighted by Crippen LogP contribution is 2.52. The van der Waals surface area contributed by atoms with E-state index < -0.39 is 32.3 Å². The number of rotatable bonds is 4. The van der Waals surface area contributed by atoms with Gasteiger partial charge in [-0.05, 0) is 42.7 Å². The van der Waals surface area contributed by atoms with E-state index in [1.807, 2.05) is 44.2 Å². The highest BCUT2D eigenvalue weighted by molar-refractivity contribution is 7.94. The van der Waals surface area contributed by atoms with Crippen LogP contribution in [-0.2, 0) is 37.3 Å². The number of amides is 2. The lowest BCUT2D eigenvalue weighted by atomic mass is 10.0. The maximum absolute atomic E-state index is 14.1. The number of carbonyl (C=O) groups excluding carboxylic acids is 2. The Bertz CT molecular complexity index is 1400. The van der Waals surface area contributed by atoms with Crippen LogP contribution in [0.2, 0.25) is 0 Å². The Kier molecular flexibility index (Phi) is 4.90. The Morgan fingerprint density at radius 3 is 2.39 bits per heavy atom. The van der Waals surface area contributed by atoms with Crippen LogP contribution in [0.15, 0.2) is 72.8 Å². The highest BCUT2D eigenvalue weighted by Gasteiger charge is 2.69. The third-order valence-electron chi connectivity index (χ3n) is 6.42. The van der Waals surface area contributed by atoms with E-state index in [2.05, 4.69) is 0 Å². The lowest BCUT2D eigenvalue weighted by molar-refractivity contribution is -0.123. The van der Waals surface area contributed by atoms with Crippen molar-refractivity contribution in [1.82, 2.24) is 0 Å². The van der Waals surface area contributed by atoms with Crippen LogP contribution in [0.5, 0.6) is 0 Å². The smallest absolute Gasteiger partial charge is 0.274 e. The molecule has 2 heterocycles. The van der Waals surface area contributed by atoms with Gasteiger partial charge in [0.25, 0.3) is 10.8 Å². The van der Waals surface area contributed by atoms with E-state index in [-0.39, 0.29) is 6.54 Å². The predicted molar refractivity (Wildman–Crippen MR) is 128 cm³/mol. The van der Waals surface area contributed by atoms with Gasteiger partial charge in [-0.3, -0.25) is 14.5 Å². The van der Waals surface area contributed by atoms with Crippen molar-refractivity contribution in [3.05, 3.63) is 95.1 Å². The number of carbonyl (C=O) groups is 2. The predicted octanol–water partition coefficient (Wildman–Crippen LogP) is 3.72. The van der Waals surface area contributed by atoms with Gasteiger partial charge in [0, 0.05) is 11.3 Å². The minimum atomic E-state index is -4.16. The summed E-state index contributed by atoms with van der Waals surface area (Å²) in [6, 6.07) is 21.8. The third kappa shape index (κ3) is 3.03. The maximum atomic E-state index is 14.1. The molecule has 2 aliphatic heterocycles. The van der Waals surface area contributed by atoms with Crippen molar-refractivity contribution in [2.45, 2.75) is 31.7 Å². The first-order chi connectivity index (χ1) is 15.8. The summed E-state index contributed by atoms with van der Waals surface area (Å²) in [7, 11) is -4.16. The zero-order valence-corrected chi connectivity index (χ0v) is 19.3. The molecule has 0 radical (unpaired) electrons. The molecule has 1 atom stereocenters. The summed E-state index contributed by atoms with van der Waals surface area (Å²) in [4.78, 5) is 27.9. The molecule has 6 nitrogen and oxygen atoms in total. The topological polar surface area (TPSA) is 74.8 Å². The van der Waals surface area contributed by atoms with Gasteiger partial charge < -0.3 is 4.90 Å². The summed E-state index contributed by atoms with van der Waals surface area (Å²) in [6.45, 7) is 4.16. The van der Waals surface area contributed by atoms with Gasteiger partial charge in [0.15, 0.2) is 9.84 Å². The van der Waals surface area contributed by atoms with Crippen LogP contribution in [0.1, 0.15) is 29.2 Å². The van der Waals surface area contributed by atoms with Gasteiger partial charge >= 0.3 is 0 Å². The average molecular weight is 461 g/mol. The minimum absolute atomic E-state index is 0.214. The zero-order chi connectivity index (χ0) is 23.4. The lowest BCUT2D eigenvalue weighted by Gasteiger charge is -2.33. The van der Waals surface area contributed by atoms with E-state index in [0.29, 0.717) is 16.9 Å². The van der Waals surface area contributed by atoms with Crippen molar-refractivity contribution in [3.63, 3.8) is 0 Å². The molecule has 2 amide bonds. The summed E-state index contributed by atoms with van der Waals surface area (Å²) < 4.78 is 27.3. The Labute approximate surface area is 193 Å². The number of nitrogens with zero attached hydrogens (tertiary/aromatic N) is 2. The molecule has 5 rings (SSSR count). The second kappa shape index (κ2) is 7.56. The van der Waals surface area contributed by atoms with Crippen LogP contribution in [0.4, 0.5) is 11.4 Å². The van der Waals surface area contributed by atoms with Gasteiger partial charge in [0.1, 0.15) is 5.75 Å². The standard InChI is InChI=1S/C26H24N2O4S/c1-3-19-9-7-11-21(15-19)28-24(29)17-33(31,32)26(28)22-12-4-5-13-23(22)27(25(26)30)16-20-10-6-8-18(2)14-20/h4-15H,3,16-17H2,1-2H3. The third-order valence-corrected chi connectivity index (χ3v) is 8.53. The van der Waals surface area contributed by atoms with Gasteiger partial charge in [0.05, 0.1) is 12.2 Å². The molecule has 1 saturated heterocycles. The van der Waals surface area contributed by atoms with Crippen molar-refractivity contribution in [2.75, 3.05) is 15.6 Å². The number of para-hydroxylation sites is 1. The molecule has 0 aliphatic carbocycles. The number of aryl methyl sites for hydroxylation is 2. The molecule has 0 bridgehead atoms. The fourth-order valence-electron chi connectivity index (χ4n) is 4.96. The van der Waals surface area contributed by atoms with Crippen molar-refractivity contribution < 1.29 is 18.0 Å². The van der Waals surface area contributed by atoms with Crippen LogP contribution >= 0.6 is 0 Å². The highest BCUT2D eigenvalue weighted by atomic mass is 32.2. The number of hydrogen-bond donors (Lipinski definition) is 0.